The molecule has 0 aliphatic rings. The van der Waals surface area contributed by atoms with Crippen LogP contribution < -0.4 is 10.6 Å². The largest absolute Gasteiger partial charge is 0.416 e. The van der Waals surface area contributed by atoms with Crippen molar-refractivity contribution in [3.63, 3.8) is 0 Å². The van der Waals surface area contributed by atoms with E-state index in [2.05, 4.69) is 20.8 Å². The van der Waals surface area contributed by atoms with E-state index in [9.17, 15) is 23.1 Å². The zero-order chi connectivity index (χ0) is 16.2. The van der Waals surface area contributed by atoms with Crippen LogP contribution in [0.4, 0.5) is 23.7 Å². The lowest BCUT2D eigenvalue weighted by Gasteiger charge is -2.17. The minimum absolute atomic E-state index is 0.293. The fourth-order valence-corrected chi connectivity index (χ4v) is 1.84. The van der Waals surface area contributed by atoms with Gasteiger partial charge in [-0.2, -0.15) is 18.3 Å². The van der Waals surface area contributed by atoms with Gasteiger partial charge in [-0.05, 0) is 11.6 Å². The van der Waals surface area contributed by atoms with E-state index in [0.717, 1.165) is 6.07 Å². The second-order valence-electron chi connectivity index (χ2n) is 4.42. The van der Waals surface area contributed by atoms with Gasteiger partial charge in [-0.15, -0.1) is 0 Å². The first kappa shape index (κ1) is 15.8. The van der Waals surface area contributed by atoms with Gasteiger partial charge in [0.15, 0.2) is 0 Å². The van der Waals surface area contributed by atoms with E-state index in [-0.39, 0.29) is 12.1 Å². The first-order valence-corrected chi connectivity index (χ1v) is 6.25. The second-order valence-corrected chi connectivity index (χ2v) is 4.42. The van der Waals surface area contributed by atoms with Crippen molar-refractivity contribution in [2.75, 3.05) is 11.9 Å². The molecule has 118 valence electrons. The van der Waals surface area contributed by atoms with Crippen LogP contribution in [0.3, 0.4) is 0 Å². The summed E-state index contributed by atoms with van der Waals surface area (Å²) in [6, 6.07) is 4.01. The quantitative estimate of drug-likeness (QED) is 0.698. The number of aromatic nitrogens is 2. The third-order valence-electron chi connectivity index (χ3n) is 2.84. The number of hydrogen-bond donors (Lipinski definition) is 4. The lowest BCUT2D eigenvalue weighted by atomic mass is 10.0. The van der Waals surface area contributed by atoms with Crippen LogP contribution in [0.1, 0.15) is 17.2 Å². The zero-order valence-corrected chi connectivity index (χ0v) is 11.2. The number of carbonyl (C=O) groups excluding carboxylic acids is 1. The maximum atomic E-state index is 12.8. The maximum absolute atomic E-state index is 12.8. The number of rotatable bonds is 4. The van der Waals surface area contributed by atoms with Gasteiger partial charge in [0.2, 0.25) is 0 Å². The van der Waals surface area contributed by atoms with Crippen LogP contribution in [0.2, 0.25) is 0 Å². The molecule has 0 spiro atoms. The first-order chi connectivity index (χ1) is 10.4. The van der Waals surface area contributed by atoms with Gasteiger partial charge >= 0.3 is 12.2 Å². The van der Waals surface area contributed by atoms with E-state index in [1.807, 2.05) is 0 Å². The summed E-state index contributed by atoms with van der Waals surface area (Å²) in [6.07, 6.45) is -3.27. The highest BCUT2D eigenvalue weighted by Gasteiger charge is 2.34. The summed E-state index contributed by atoms with van der Waals surface area (Å²) in [6.45, 7) is -0.364. The number of carbonyl (C=O) groups is 1. The van der Waals surface area contributed by atoms with Crippen LogP contribution in [0.15, 0.2) is 36.7 Å². The van der Waals surface area contributed by atoms with Gasteiger partial charge in [0.05, 0.1) is 23.6 Å². The van der Waals surface area contributed by atoms with Crippen LogP contribution in [0.5, 0.6) is 0 Å². The Morgan fingerprint density at radius 1 is 1.36 bits per heavy atom. The van der Waals surface area contributed by atoms with Gasteiger partial charge in [-0.25, -0.2) is 4.79 Å². The molecule has 4 N–H and O–H groups in total. The van der Waals surface area contributed by atoms with Crippen molar-refractivity contribution in [2.24, 2.45) is 0 Å². The summed E-state index contributed by atoms with van der Waals surface area (Å²) in [4.78, 5) is 11.5. The van der Waals surface area contributed by atoms with Crippen molar-refractivity contribution >= 4 is 11.7 Å². The molecule has 22 heavy (non-hydrogen) atoms. The molecule has 2 rings (SSSR count). The lowest BCUT2D eigenvalue weighted by molar-refractivity contribution is -0.139. The molecule has 0 bridgehead atoms. The van der Waals surface area contributed by atoms with Crippen LogP contribution in [-0.2, 0) is 6.18 Å². The van der Waals surface area contributed by atoms with Crippen LogP contribution in [0.25, 0.3) is 0 Å². The monoisotopic (exact) mass is 314 g/mol. The van der Waals surface area contributed by atoms with Gasteiger partial charge in [-0.3, -0.25) is 5.10 Å². The van der Waals surface area contributed by atoms with Crippen molar-refractivity contribution < 1.29 is 23.1 Å². The maximum Gasteiger partial charge on any atom is 0.416 e. The third kappa shape index (κ3) is 3.98. The molecule has 0 saturated carbocycles. The average Bonchev–Trinajstić information content (AvgIpc) is 2.96. The van der Waals surface area contributed by atoms with Gasteiger partial charge in [0, 0.05) is 12.7 Å². The van der Waals surface area contributed by atoms with E-state index < -0.39 is 23.9 Å². The highest BCUT2D eigenvalue weighted by Crippen LogP contribution is 2.34. The highest BCUT2D eigenvalue weighted by molar-refractivity contribution is 5.88. The number of alkyl halides is 3. The van der Waals surface area contributed by atoms with Crippen LogP contribution in [-0.4, -0.2) is 27.9 Å². The Labute approximate surface area is 123 Å². The number of aliphatic hydroxyl groups is 1. The smallest absolute Gasteiger partial charge is 0.387 e. The van der Waals surface area contributed by atoms with Crippen LogP contribution in [0, 0.1) is 0 Å². The molecule has 2 aromatic rings. The number of amides is 2. The number of hydrogen-bond acceptors (Lipinski definition) is 3. The minimum atomic E-state index is -4.57. The molecule has 1 heterocycles. The van der Waals surface area contributed by atoms with E-state index >= 15 is 0 Å². The molecule has 1 aromatic carbocycles. The number of anilines is 1. The number of urea groups is 1. The highest BCUT2D eigenvalue weighted by atomic mass is 19.4. The number of nitrogens with one attached hydrogen (secondary N) is 3. The van der Waals surface area contributed by atoms with E-state index in [1.165, 1.54) is 30.6 Å². The van der Waals surface area contributed by atoms with Crippen molar-refractivity contribution in [3.05, 3.63) is 47.8 Å². The van der Waals surface area contributed by atoms with Crippen molar-refractivity contribution in [1.82, 2.24) is 15.5 Å². The van der Waals surface area contributed by atoms with Crippen LogP contribution >= 0.6 is 0 Å². The molecule has 0 fully saturated rings. The molecular weight excluding hydrogens is 301 g/mol. The topological polar surface area (TPSA) is 90.0 Å². The number of benzene rings is 1. The third-order valence-corrected chi connectivity index (χ3v) is 2.84. The second kappa shape index (κ2) is 6.48. The SMILES string of the molecule is O=C(NC[C@@H](O)c1ccccc1C(F)(F)F)Nc1cn[nH]c1. The molecule has 0 saturated heterocycles. The minimum Gasteiger partial charge on any atom is -0.387 e. The predicted molar refractivity (Wildman–Crippen MR) is 72.0 cm³/mol. The van der Waals surface area contributed by atoms with E-state index in [1.54, 1.807) is 0 Å². The Kier molecular flexibility index (Phi) is 4.66. The molecule has 1 aromatic heterocycles. The molecule has 9 heteroatoms. The molecule has 1 atom stereocenters. The zero-order valence-electron chi connectivity index (χ0n) is 11.2. The number of aromatic amines is 1. The number of aliphatic hydroxyl groups excluding tert-OH is 1. The van der Waals surface area contributed by atoms with Crippen molar-refractivity contribution in [2.45, 2.75) is 12.3 Å². The normalized spacial score (nSPS) is 12.7. The van der Waals surface area contributed by atoms with E-state index in [0.29, 0.717) is 5.69 Å². The fraction of sp³-hybridized carbons (Fsp3) is 0.231. The standard InChI is InChI=1S/C13H13F3N4O2/c14-13(15,16)10-4-2-1-3-9(10)11(21)7-17-12(22)20-8-5-18-19-6-8/h1-6,11,21H,7H2,(H,18,19)(H2,17,20,22)/t11-/m1/s1. The summed E-state index contributed by atoms with van der Waals surface area (Å²) < 4.78 is 38.5. The summed E-state index contributed by atoms with van der Waals surface area (Å²) in [5.74, 6) is 0. The van der Waals surface area contributed by atoms with Gasteiger partial charge in [0.25, 0.3) is 0 Å². The first-order valence-electron chi connectivity index (χ1n) is 6.25. The Morgan fingerprint density at radius 3 is 2.73 bits per heavy atom. The lowest BCUT2D eigenvalue weighted by Crippen LogP contribution is -2.32. The number of H-pyrrole nitrogens is 1. The number of halogens is 3. The van der Waals surface area contributed by atoms with Gasteiger partial charge in [0.1, 0.15) is 0 Å². The summed E-state index contributed by atoms with van der Waals surface area (Å²) in [7, 11) is 0. The van der Waals surface area contributed by atoms with E-state index in [4.69, 9.17) is 0 Å². The Bertz CT molecular complexity index is 628. The summed E-state index contributed by atoms with van der Waals surface area (Å²) in [5.41, 5.74) is -0.833. The Balaban J connectivity index is 1.98. The molecule has 2 amide bonds. The number of nitrogens with zero attached hydrogens (tertiary/aromatic N) is 1. The Morgan fingerprint density at radius 2 is 2.09 bits per heavy atom. The van der Waals surface area contributed by atoms with Gasteiger partial charge < -0.3 is 15.7 Å². The van der Waals surface area contributed by atoms with Crippen molar-refractivity contribution in [3.8, 4) is 0 Å². The average molecular weight is 314 g/mol. The predicted octanol–water partition coefficient (Wildman–Crippen LogP) is 2.28. The fourth-order valence-electron chi connectivity index (χ4n) is 1.84. The van der Waals surface area contributed by atoms with Gasteiger partial charge in [-0.1, -0.05) is 18.2 Å². The molecule has 0 unspecified atom stereocenters. The Hall–Kier alpha value is -2.55. The molecule has 6 nitrogen and oxygen atoms in total. The molecule has 0 aliphatic carbocycles. The summed E-state index contributed by atoms with van der Waals surface area (Å²) >= 11 is 0. The molecule has 0 aliphatic heterocycles. The molecular formula is C13H13F3N4O2. The molecule has 0 radical (unpaired) electrons. The van der Waals surface area contributed by atoms with Crippen molar-refractivity contribution in [1.29, 1.82) is 0 Å². The summed E-state index contributed by atoms with van der Waals surface area (Å²) in [5, 5.41) is 20.7.